The molecule has 0 heterocycles. The number of hydrogen-bond donors (Lipinski definition) is 3. The highest BCUT2D eigenvalue weighted by atomic mass is 15.2. The molecule has 3 heteroatoms. The standard InChI is InChI=1S/C6H11N3/c7-5-1-3-6(9-8)4-2-5/h1,3-5,9H,2,7-8H2/p+1. The molecule has 0 aromatic rings. The Labute approximate surface area is 54.4 Å². The molecule has 0 spiro atoms. The predicted molar refractivity (Wildman–Crippen MR) is 35.9 cm³/mol. The summed E-state index contributed by atoms with van der Waals surface area (Å²) in [5, 5.41) is 0. The summed E-state index contributed by atoms with van der Waals surface area (Å²) in [6, 6.07) is 0.189. The van der Waals surface area contributed by atoms with Crippen molar-refractivity contribution < 1.29 is 5.43 Å². The molecular weight excluding hydrogens is 114 g/mol. The molecule has 1 unspecified atom stereocenters. The Kier molecular flexibility index (Phi) is 2.00. The van der Waals surface area contributed by atoms with E-state index in [1.165, 1.54) is 0 Å². The van der Waals surface area contributed by atoms with E-state index in [0.29, 0.717) is 0 Å². The van der Waals surface area contributed by atoms with E-state index < -0.39 is 0 Å². The van der Waals surface area contributed by atoms with Gasteiger partial charge in [-0.2, -0.15) is 5.84 Å². The molecule has 0 fully saturated rings. The molecule has 0 radical (unpaired) electrons. The Morgan fingerprint density at radius 1 is 1.67 bits per heavy atom. The van der Waals surface area contributed by atoms with Crippen molar-refractivity contribution in [2.45, 2.75) is 12.5 Å². The Morgan fingerprint density at radius 3 is 2.89 bits per heavy atom. The van der Waals surface area contributed by atoms with Crippen LogP contribution in [0.5, 0.6) is 0 Å². The number of hydrogen-bond acceptors (Lipinski definition) is 2. The van der Waals surface area contributed by atoms with Crippen LogP contribution in [0.4, 0.5) is 0 Å². The summed E-state index contributed by atoms with van der Waals surface area (Å²) in [5.74, 6) is 5.26. The summed E-state index contributed by atoms with van der Waals surface area (Å²) >= 11 is 0. The van der Waals surface area contributed by atoms with Crippen LogP contribution in [0.2, 0.25) is 0 Å². The van der Waals surface area contributed by atoms with Crippen molar-refractivity contribution >= 4 is 0 Å². The second kappa shape index (κ2) is 2.77. The molecule has 3 nitrogen and oxygen atoms in total. The van der Waals surface area contributed by atoms with Gasteiger partial charge in [-0.05, 0) is 18.6 Å². The van der Waals surface area contributed by atoms with Crippen LogP contribution >= 0.6 is 0 Å². The molecule has 0 bridgehead atoms. The van der Waals surface area contributed by atoms with Crippen LogP contribution in [0, 0.1) is 0 Å². The molecule has 9 heavy (non-hydrogen) atoms. The van der Waals surface area contributed by atoms with Gasteiger partial charge in [0, 0.05) is 6.04 Å². The van der Waals surface area contributed by atoms with Crippen LogP contribution in [0.25, 0.3) is 0 Å². The first-order chi connectivity index (χ1) is 4.33. The van der Waals surface area contributed by atoms with Crippen molar-refractivity contribution in [2.75, 3.05) is 0 Å². The van der Waals surface area contributed by atoms with Crippen molar-refractivity contribution in [2.24, 2.45) is 11.6 Å². The molecule has 0 saturated heterocycles. The SMILES string of the molecule is N[NH2+]C1=CCC(N)C=C1. The first-order valence-corrected chi connectivity index (χ1v) is 3.02. The summed E-state index contributed by atoms with van der Waals surface area (Å²) in [4.78, 5) is 0. The summed E-state index contributed by atoms with van der Waals surface area (Å²) in [5.41, 5.74) is 8.22. The summed E-state index contributed by atoms with van der Waals surface area (Å²) in [6.07, 6.45) is 6.83. The van der Waals surface area contributed by atoms with Gasteiger partial charge in [0.25, 0.3) is 0 Å². The minimum absolute atomic E-state index is 0.189. The monoisotopic (exact) mass is 126 g/mol. The van der Waals surface area contributed by atoms with Gasteiger partial charge >= 0.3 is 0 Å². The zero-order valence-corrected chi connectivity index (χ0v) is 5.25. The average molecular weight is 126 g/mol. The van der Waals surface area contributed by atoms with Crippen LogP contribution in [0.15, 0.2) is 23.9 Å². The Balaban J connectivity index is 2.52. The smallest absolute Gasteiger partial charge is 0.144 e. The summed E-state index contributed by atoms with van der Waals surface area (Å²) < 4.78 is 0. The minimum Gasteiger partial charge on any atom is -0.324 e. The van der Waals surface area contributed by atoms with Crippen molar-refractivity contribution in [3.63, 3.8) is 0 Å². The lowest BCUT2D eigenvalue weighted by atomic mass is 10.1. The molecule has 1 atom stereocenters. The van der Waals surface area contributed by atoms with E-state index in [2.05, 4.69) is 0 Å². The molecule has 1 aliphatic rings. The predicted octanol–water partition coefficient (Wildman–Crippen LogP) is -1.41. The largest absolute Gasteiger partial charge is 0.324 e. The van der Waals surface area contributed by atoms with Crippen LogP contribution in [-0.4, -0.2) is 6.04 Å². The van der Waals surface area contributed by atoms with Crippen LogP contribution in [0.1, 0.15) is 6.42 Å². The van der Waals surface area contributed by atoms with Gasteiger partial charge in [-0.25, -0.2) is 5.43 Å². The summed E-state index contributed by atoms with van der Waals surface area (Å²) in [6.45, 7) is 0. The summed E-state index contributed by atoms with van der Waals surface area (Å²) in [7, 11) is 0. The first-order valence-electron chi connectivity index (χ1n) is 3.02. The Bertz CT molecular complexity index is 148. The maximum Gasteiger partial charge on any atom is 0.144 e. The van der Waals surface area contributed by atoms with Gasteiger partial charge in [-0.15, -0.1) is 0 Å². The lowest BCUT2D eigenvalue weighted by Gasteiger charge is -2.06. The van der Waals surface area contributed by atoms with Gasteiger partial charge < -0.3 is 5.73 Å². The van der Waals surface area contributed by atoms with Gasteiger partial charge in [0.2, 0.25) is 0 Å². The fourth-order valence-electron chi connectivity index (χ4n) is 0.777. The molecule has 0 aliphatic heterocycles. The molecule has 6 N–H and O–H groups in total. The maximum atomic E-state index is 5.57. The van der Waals surface area contributed by atoms with E-state index >= 15 is 0 Å². The van der Waals surface area contributed by atoms with E-state index in [9.17, 15) is 0 Å². The number of nitrogens with two attached hydrogens (primary N) is 3. The van der Waals surface area contributed by atoms with Gasteiger partial charge in [-0.1, -0.05) is 6.08 Å². The second-order valence-corrected chi connectivity index (χ2v) is 2.13. The fraction of sp³-hybridized carbons (Fsp3) is 0.333. The second-order valence-electron chi connectivity index (χ2n) is 2.13. The fourth-order valence-corrected chi connectivity index (χ4v) is 0.777. The Hall–Kier alpha value is -0.640. The van der Waals surface area contributed by atoms with Gasteiger partial charge in [0.05, 0.1) is 0 Å². The van der Waals surface area contributed by atoms with Crippen LogP contribution in [0.3, 0.4) is 0 Å². The topological polar surface area (TPSA) is 68.6 Å². The number of allylic oxidation sites excluding steroid dienone is 1. The highest BCUT2D eigenvalue weighted by molar-refractivity contribution is 5.17. The average Bonchev–Trinajstić information content (AvgIpc) is 1.90. The van der Waals surface area contributed by atoms with Crippen molar-refractivity contribution in [1.82, 2.24) is 0 Å². The zero-order chi connectivity index (χ0) is 6.69. The zero-order valence-electron chi connectivity index (χ0n) is 5.25. The molecule has 0 aromatic carbocycles. The molecule has 0 amide bonds. The van der Waals surface area contributed by atoms with E-state index in [-0.39, 0.29) is 6.04 Å². The molecule has 1 rings (SSSR count). The van der Waals surface area contributed by atoms with E-state index in [0.717, 1.165) is 12.1 Å². The van der Waals surface area contributed by atoms with Gasteiger partial charge in [0.1, 0.15) is 5.70 Å². The normalized spacial score (nSPS) is 26.0. The van der Waals surface area contributed by atoms with E-state index in [4.69, 9.17) is 11.6 Å². The van der Waals surface area contributed by atoms with Crippen LogP contribution < -0.4 is 17.0 Å². The lowest BCUT2D eigenvalue weighted by Crippen LogP contribution is -2.89. The highest BCUT2D eigenvalue weighted by Crippen LogP contribution is 2.01. The number of rotatable bonds is 1. The molecule has 50 valence electrons. The van der Waals surface area contributed by atoms with Crippen molar-refractivity contribution in [3.05, 3.63) is 23.9 Å². The van der Waals surface area contributed by atoms with Gasteiger partial charge in [0.15, 0.2) is 0 Å². The quantitative estimate of drug-likeness (QED) is 0.298. The number of quaternary nitrogens is 1. The first kappa shape index (κ1) is 6.48. The van der Waals surface area contributed by atoms with Crippen LogP contribution in [-0.2, 0) is 0 Å². The van der Waals surface area contributed by atoms with Gasteiger partial charge in [-0.3, -0.25) is 0 Å². The minimum atomic E-state index is 0.189. The maximum absolute atomic E-state index is 5.57. The lowest BCUT2D eigenvalue weighted by molar-refractivity contribution is -0.615. The third kappa shape index (κ3) is 1.64. The molecule has 0 saturated carbocycles. The van der Waals surface area contributed by atoms with E-state index in [1.807, 2.05) is 18.2 Å². The van der Waals surface area contributed by atoms with E-state index in [1.54, 1.807) is 5.43 Å². The molecule has 0 aromatic heterocycles. The third-order valence-electron chi connectivity index (χ3n) is 1.35. The highest BCUT2D eigenvalue weighted by Gasteiger charge is 2.03. The Morgan fingerprint density at radius 2 is 2.44 bits per heavy atom. The molecular formula is C6H12N3+. The third-order valence-corrected chi connectivity index (χ3v) is 1.35. The van der Waals surface area contributed by atoms with Crippen molar-refractivity contribution in [3.8, 4) is 0 Å². The molecule has 1 aliphatic carbocycles. The van der Waals surface area contributed by atoms with Crippen molar-refractivity contribution in [1.29, 1.82) is 0 Å².